The highest BCUT2D eigenvalue weighted by Gasteiger charge is 2.20. The summed E-state index contributed by atoms with van der Waals surface area (Å²) >= 11 is 0. The van der Waals surface area contributed by atoms with Crippen LogP contribution in [0.25, 0.3) is 22.2 Å². The third kappa shape index (κ3) is 3.69. The summed E-state index contributed by atoms with van der Waals surface area (Å²) in [5.41, 5.74) is 0.0402. The number of hydrogen-bond donors (Lipinski definition) is 1. The molecule has 3 aromatic carbocycles. The number of aromatic nitrogens is 1. The number of H-pyrrole nitrogens is 1. The standard InChI is InChI=1S/C24H23N3O2/c28-24-25-21-10-5-11-22(23(21)29-24)27-14-12-26(13-15-27)17-18-6-4-9-20(16-18)19-7-2-1-3-8-19/h1-11,16H,12-15,17H2,(H,25,28)/i5D,10D,11D,12D2,13D2,14D2,15D2. The lowest BCUT2D eigenvalue weighted by Gasteiger charge is -2.36. The molecule has 0 saturated carbocycles. The van der Waals surface area contributed by atoms with Crippen LogP contribution in [0.15, 0.2) is 81.9 Å². The van der Waals surface area contributed by atoms with Crippen LogP contribution in [0.2, 0.25) is 0 Å². The molecular formula is C24H23N3O2. The van der Waals surface area contributed by atoms with Crippen LogP contribution in [-0.4, -0.2) is 35.9 Å². The molecule has 1 aliphatic rings. The Labute approximate surface area is 184 Å². The summed E-state index contributed by atoms with van der Waals surface area (Å²) < 4.78 is 99.8. The monoisotopic (exact) mass is 396 g/mol. The van der Waals surface area contributed by atoms with Crippen LogP contribution in [0.5, 0.6) is 0 Å². The topological polar surface area (TPSA) is 52.5 Å². The number of oxazole rings is 1. The molecule has 5 rings (SSSR count). The van der Waals surface area contributed by atoms with E-state index in [1.54, 1.807) is 24.3 Å². The second-order valence-electron chi connectivity index (χ2n) is 6.38. The Balaban J connectivity index is 1.67. The van der Waals surface area contributed by atoms with Crippen LogP contribution in [0.1, 0.15) is 20.6 Å². The Hall–Kier alpha value is -3.31. The zero-order valence-corrected chi connectivity index (χ0v) is 15.1. The van der Waals surface area contributed by atoms with Gasteiger partial charge in [0.25, 0.3) is 0 Å². The van der Waals surface area contributed by atoms with E-state index in [4.69, 9.17) is 19.5 Å². The molecule has 0 amide bonds. The molecule has 1 saturated heterocycles. The summed E-state index contributed by atoms with van der Waals surface area (Å²) in [6.07, 6.45) is 0. The molecule has 0 aliphatic carbocycles. The number of benzene rings is 3. The number of piperazine rings is 1. The lowest BCUT2D eigenvalue weighted by atomic mass is 10.0. The van der Waals surface area contributed by atoms with Crippen molar-refractivity contribution < 1.29 is 19.5 Å². The average molecular weight is 397 g/mol. The maximum absolute atomic E-state index is 12.0. The second kappa shape index (κ2) is 7.60. The lowest BCUT2D eigenvalue weighted by molar-refractivity contribution is 0.250. The van der Waals surface area contributed by atoms with Crippen molar-refractivity contribution in [2.45, 2.75) is 6.54 Å². The Bertz CT molecular complexity index is 1640. The molecule has 29 heavy (non-hydrogen) atoms. The number of anilines is 1. The van der Waals surface area contributed by atoms with Gasteiger partial charge in [-0.3, -0.25) is 9.88 Å². The summed E-state index contributed by atoms with van der Waals surface area (Å²) in [5.74, 6) is -1.13. The van der Waals surface area contributed by atoms with Crippen molar-refractivity contribution in [2.24, 2.45) is 0 Å². The highest BCUT2D eigenvalue weighted by Crippen LogP contribution is 2.26. The van der Waals surface area contributed by atoms with Crippen molar-refractivity contribution in [1.82, 2.24) is 9.88 Å². The van der Waals surface area contributed by atoms with Gasteiger partial charge in [-0.05, 0) is 34.8 Å². The molecule has 1 N–H and O–H groups in total. The van der Waals surface area contributed by atoms with E-state index < -0.39 is 73.2 Å². The van der Waals surface area contributed by atoms with Crippen LogP contribution in [-0.2, 0) is 6.54 Å². The predicted molar refractivity (Wildman–Crippen MR) is 116 cm³/mol. The number of aromatic amines is 1. The third-order valence-corrected chi connectivity index (χ3v) is 4.42. The Morgan fingerprint density at radius 2 is 1.79 bits per heavy atom. The van der Waals surface area contributed by atoms with Crippen LogP contribution < -0.4 is 10.7 Å². The van der Waals surface area contributed by atoms with E-state index in [1.165, 1.54) is 0 Å². The molecule has 0 bridgehead atoms. The van der Waals surface area contributed by atoms with E-state index in [1.807, 2.05) is 30.3 Å². The first-order valence-electron chi connectivity index (χ1n) is 14.4. The van der Waals surface area contributed by atoms with Gasteiger partial charge in [-0.25, -0.2) is 4.79 Å². The van der Waals surface area contributed by atoms with Gasteiger partial charge in [0, 0.05) is 38.0 Å². The highest BCUT2D eigenvalue weighted by molar-refractivity contribution is 5.86. The fourth-order valence-electron chi connectivity index (χ4n) is 3.08. The van der Waals surface area contributed by atoms with Crippen molar-refractivity contribution in [1.29, 1.82) is 0 Å². The van der Waals surface area contributed by atoms with E-state index >= 15 is 0 Å². The van der Waals surface area contributed by atoms with Crippen LogP contribution in [0.3, 0.4) is 0 Å². The molecule has 0 unspecified atom stereocenters. The maximum atomic E-state index is 12.0. The van der Waals surface area contributed by atoms with Crippen molar-refractivity contribution in [3.8, 4) is 11.1 Å². The Morgan fingerprint density at radius 1 is 1.00 bits per heavy atom. The normalized spacial score (nSPS) is 27.6. The van der Waals surface area contributed by atoms with Gasteiger partial charge in [0.2, 0.25) is 0 Å². The van der Waals surface area contributed by atoms with E-state index in [0.717, 1.165) is 11.1 Å². The summed E-state index contributed by atoms with van der Waals surface area (Å²) in [4.78, 5) is 14.7. The molecule has 0 radical (unpaired) electrons. The van der Waals surface area contributed by atoms with Crippen molar-refractivity contribution in [3.63, 3.8) is 0 Å². The van der Waals surface area contributed by atoms with Gasteiger partial charge in [-0.1, -0.05) is 54.6 Å². The van der Waals surface area contributed by atoms with Crippen molar-refractivity contribution in [3.05, 3.63) is 88.8 Å². The molecule has 1 aromatic heterocycles. The fourth-order valence-corrected chi connectivity index (χ4v) is 3.08. The first-order chi connectivity index (χ1) is 18.5. The number of nitrogens with zero attached hydrogens (tertiary/aromatic N) is 2. The Morgan fingerprint density at radius 3 is 2.62 bits per heavy atom. The summed E-state index contributed by atoms with van der Waals surface area (Å²) in [5, 5.41) is 0. The number of para-hydroxylation sites is 1. The molecule has 5 nitrogen and oxygen atoms in total. The molecule has 5 heteroatoms. The number of fused-ring (bicyclic) bond motifs is 1. The summed E-state index contributed by atoms with van der Waals surface area (Å²) in [7, 11) is 0. The first-order valence-corrected chi connectivity index (χ1v) is 8.88. The van der Waals surface area contributed by atoms with Crippen molar-refractivity contribution >= 4 is 16.8 Å². The minimum atomic E-state index is -3.38. The quantitative estimate of drug-likeness (QED) is 0.564. The van der Waals surface area contributed by atoms with Crippen LogP contribution in [0, 0.1) is 0 Å². The zero-order chi connectivity index (χ0) is 29.4. The molecule has 1 aliphatic heterocycles. The van der Waals surface area contributed by atoms with E-state index in [-0.39, 0.29) is 4.90 Å². The largest absolute Gasteiger partial charge is 0.417 e. The SMILES string of the molecule is [2H]c1c([2H])c(N2C([2H])([2H])C([2H])([2H])N(Cc3cccc(-c4ccccc4)c3)C([2H])([2H])C2([2H])[2H])c2oc(=O)[nH]c2c1[2H]. The van der Waals surface area contributed by atoms with Gasteiger partial charge < -0.3 is 9.32 Å². The average Bonchev–Trinajstić information content (AvgIpc) is 3.29. The highest BCUT2D eigenvalue weighted by atomic mass is 16.4. The predicted octanol–water partition coefficient (Wildman–Crippen LogP) is 4.11. The minimum Gasteiger partial charge on any atom is -0.406 e. The van der Waals surface area contributed by atoms with Gasteiger partial charge in [0.15, 0.2) is 5.58 Å². The molecular weight excluding hydrogens is 362 g/mol. The number of hydrogen-bond acceptors (Lipinski definition) is 4. The fraction of sp³-hybridized carbons (Fsp3) is 0.208. The molecule has 1 fully saturated rings. The number of rotatable bonds is 4. The maximum Gasteiger partial charge on any atom is 0.417 e. The molecule has 146 valence electrons. The van der Waals surface area contributed by atoms with Gasteiger partial charge in [0.05, 0.1) is 20.8 Å². The summed E-state index contributed by atoms with van der Waals surface area (Å²) in [6, 6.07) is 13.6. The minimum absolute atomic E-state index is 0.0792. The first kappa shape index (κ1) is 9.46. The van der Waals surface area contributed by atoms with Gasteiger partial charge in [0.1, 0.15) is 0 Å². The summed E-state index contributed by atoms with van der Waals surface area (Å²) in [6.45, 7) is -13.8. The van der Waals surface area contributed by atoms with Crippen LogP contribution >= 0.6 is 0 Å². The van der Waals surface area contributed by atoms with Gasteiger partial charge in [-0.2, -0.15) is 0 Å². The van der Waals surface area contributed by atoms with Gasteiger partial charge in [-0.15, -0.1) is 0 Å². The second-order valence-corrected chi connectivity index (χ2v) is 6.38. The zero-order valence-electron chi connectivity index (χ0n) is 26.1. The molecule has 0 atom stereocenters. The molecule has 0 spiro atoms. The van der Waals surface area contributed by atoms with Crippen molar-refractivity contribution in [2.75, 3.05) is 30.9 Å². The molecule has 2 heterocycles. The smallest absolute Gasteiger partial charge is 0.406 e. The van der Waals surface area contributed by atoms with Crippen LogP contribution in [0.4, 0.5) is 5.69 Å². The number of nitrogens with one attached hydrogen (secondary N) is 1. The molecule has 4 aromatic rings. The Kier molecular flexibility index (Phi) is 2.48. The van der Waals surface area contributed by atoms with Gasteiger partial charge >= 0.3 is 5.76 Å². The van der Waals surface area contributed by atoms with E-state index in [0.29, 0.717) is 10.5 Å². The van der Waals surface area contributed by atoms with E-state index in [2.05, 4.69) is 4.98 Å². The lowest BCUT2D eigenvalue weighted by Crippen LogP contribution is -2.46. The van der Waals surface area contributed by atoms with E-state index in [9.17, 15) is 4.79 Å². The third-order valence-electron chi connectivity index (χ3n) is 4.42.